The third-order valence-corrected chi connectivity index (χ3v) is 4.40. The Kier molecular flexibility index (Phi) is 5.36. The highest BCUT2D eigenvalue weighted by Gasteiger charge is 2.33. The molecule has 0 radical (unpaired) electrons. The van der Waals surface area contributed by atoms with Crippen molar-refractivity contribution in [2.24, 2.45) is 7.05 Å². The number of rotatable bonds is 6. The molecule has 2 heterocycles. The first-order chi connectivity index (χ1) is 10.1. The van der Waals surface area contributed by atoms with Gasteiger partial charge in [0.1, 0.15) is 6.04 Å². The Morgan fingerprint density at radius 1 is 1.52 bits per heavy atom. The van der Waals surface area contributed by atoms with Crippen LogP contribution in [-0.4, -0.2) is 64.8 Å². The fourth-order valence-corrected chi connectivity index (χ4v) is 3.18. The normalized spacial score (nSPS) is 20.2. The van der Waals surface area contributed by atoms with Gasteiger partial charge in [-0.25, -0.2) is 0 Å². The molecule has 0 saturated carbocycles. The van der Waals surface area contributed by atoms with E-state index in [2.05, 4.69) is 29.2 Å². The van der Waals surface area contributed by atoms with E-state index in [1.165, 1.54) is 0 Å². The summed E-state index contributed by atoms with van der Waals surface area (Å²) in [7, 11) is 3.69. The molecule has 1 saturated heterocycles. The van der Waals surface area contributed by atoms with Crippen LogP contribution in [0.5, 0.6) is 0 Å². The molecule has 1 aromatic rings. The molecule has 6 nitrogen and oxygen atoms in total. The first-order valence-electron chi connectivity index (χ1n) is 7.79. The second-order valence-electron chi connectivity index (χ2n) is 5.62. The Bertz CT molecular complexity index is 468. The van der Waals surface area contributed by atoms with E-state index in [1.807, 2.05) is 25.2 Å². The molecule has 2 rings (SSSR count). The van der Waals surface area contributed by atoms with E-state index in [1.54, 1.807) is 10.9 Å². The summed E-state index contributed by atoms with van der Waals surface area (Å²) < 4.78 is 1.73. The van der Waals surface area contributed by atoms with Gasteiger partial charge >= 0.3 is 0 Å². The molecule has 1 N–H and O–H groups in total. The molecule has 0 aromatic carbocycles. The maximum absolute atomic E-state index is 12.7. The molecule has 6 heteroatoms. The third kappa shape index (κ3) is 3.44. The summed E-state index contributed by atoms with van der Waals surface area (Å²) in [6.07, 6.45) is 4.73. The maximum Gasteiger partial charge on any atom is 0.244 e. The van der Waals surface area contributed by atoms with Gasteiger partial charge in [-0.3, -0.25) is 14.4 Å². The average Bonchev–Trinajstić information content (AvgIpc) is 3.11. The van der Waals surface area contributed by atoms with Crippen LogP contribution in [0.15, 0.2) is 12.4 Å². The molecule has 1 aromatic heterocycles. The Balaban J connectivity index is 2.03. The number of nitrogens with zero attached hydrogens (tertiary/aromatic N) is 4. The SMILES string of the molecule is CCN(CC)C1CCN(C(=O)C(NC)c2cnn(C)c2)C1. The number of hydrogen-bond donors (Lipinski definition) is 1. The molecule has 118 valence electrons. The number of likely N-dealkylation sites (N-methyl/N-ethyl adjacent to an activating group) is 2. The Morgan fingerprint density at radius 3 is 2.76 bits per heavy atom. The Labute approximate surface area is 127 Å². The lowest BCUT2D eigenvalue weighted by atomic mass is 10.1. The largest absolute Gasteiger partial charge is 0.339 e. The standard InChI is InChI=1S/C15H27N5O/c1-5-19(6-2)13-7-8-20(11-13)15(21)14(16-3)12-9-17-18(4)10-12/h9-10,13-14,16H,5-8,11H2,1-4H3. The van der Waals surface area contributed by atoms with Crippen molar-refractivity contribution < 1.29 is 4.79 Å². The number of likely N-dealkylation sites (tertiary alicyclic amines) is 1. The van der Waals surface area contributed by atoms with Gasteiger partial charge in [-0.05, 0) is 26.6 Å². The topological polar surface area (TPSA) is 53.4 Å². The van der Waals surface area contributed by atoms with Gasteiger partial charge in [0.2, 0.25) is 5.91 Å². The lowest BCUT2D eigenvalue weighted by Gasteiger charge is -2.27. The first kappa shape index (κ1) is 16.0. The zero-order chi connectivity index (χ0) is 15.4. The van der Waals surface area contributed by atoms with Crippen LogP contribution in [0, 0.1) is 0 Å². The van der Waals surface area contributed by atoms with E-state index >= 15 is 0 Å². The second kappa shape index (κ2) is 7.04. The van der Waals surface area contributed by atoms with Gasteiger partial charge in [-0.2, -0.15) is 5.10 Å². The Morgan fingerprint density at radius 2 is 2.24 bits per heavy atom. The average molecular weight is 293 g/mol. The Hall–Kier alpha value is -1.40. The smallest absolute Gasteiger partial charge is 0.244 e. The third-order valence-electron chi connectivity index (χ3n) is 4.40. The van der Waals surface area contributed by atoms with Crippen molar-refractivity contribution >= 4 is 5.91 Å². The van der Waals surface area contributed by atoms with E-state index in [0.29, 0.717) is 6.04 Å². The summed E-state index contributed by atoms with van der Waals surface area (Å²) in [6, 6.07) is 0.199. The van der Waals surface area contributed by atoms with Crippen LogP contribution in [0.2, 0.25) is 0 Å². The molecule has 1 fully saturated rings. The van der Waals surface area contributed by atoms with E-state index < -0.39 is 0 Å². The van der Waals surface area contributed by atoms with E-state index in [9.17, 15) is 4.79 Å². The molecular weight excluding hydrogens is 266 g/mol. The molecule has 1 aliphatic rings. The van der Waals surface area contributed by atoms with Gasteiger partial charge in [-0.1, -0.05) is 13.8 Å². The van der Waals surface area contributed by atoms with Crippen molar-refractivity contribution in [1.82, 2.24) is 24.9 Å². The van der Waals surface area contributed by atoms with Gasteiger partial charge < -0.3 is 10.2 Å². The molecule has 0 bridgehead atoms. The molecule has 0 aliphatic carbocycles. The zero-order valence-corrected chi connectivity index (χ0v) is 13.5. The summed E-state index contributed by atoms with van der Waals surface area (Å²) in [5.74, 6) is 0.153. The molecule has 1 aliphatic heterocycles. The van der Waals surface area contributed by atoms with Crippen LogP contribution >= 0.6 is 0 Å². The summed E-state index contributed by atoms with van der Waals surface area (Å²) in [6.45, 7) is 8.12. The predicted octanol–water partition coefficient (Wildman–Crippen LogP) is 0.623. The van der Waals surface area contributed by atoms with Crippen LogP contribution in [0.25, 0.3) is 0 Å². The minimum atomic E-state index is -0.297. The number of amides is 1. The number of aromatic nitrogens is 2. The van der Waals surface area contributed by atoms with E-state index in [0.717, 1.165) is 38.2 Å². The molecule has 2 atom stereocenters. The summed E-state index contributed by atoms with van der Waals surface area (Å²) in [4.78, 5) is 17.2. The summed E-state index contributed by atoms with van der Waals surface area (Å²) >= 11 is 0. The van der Waals surface area contributed by atoms with Crippen LogP contribution < -0.4 is 5.32 Å². The summed E-state index contributed by atoms with van der Waals surface area (Å²) in [5, 5.41) is 7.28. The highest BCUT2D eigenvalue weighted by molar-refractivity contribution is 5.83. The lowest BCUT2D eigenvalue weighted by Crippen LogP contribution is -2.42. The van der Waals surface area contributed by atoms with Crippen molar-refractivity contribution in [2.75, 3.05) is 33.2 Å². The van der Waals surface area contributed by atoms with Crippen LogP contribution in [0.3, 0.4) is 0 Å². The van der Waals surface area contributed by atoms with Gasteiger partial charge in [0.25, 0.3) is 0 Å². The molecule has 2 unspecified atom stereocenters. The number of carbonyl (C=O) groups is 1. The highest BCUT2D eigenvalue weighted by atomic mass is 16.2. The molecule has 21 heavy (non-hydrogen) atoms. The van der Waals surface area contributed by atoms with Gasteiger partial charge in [0.05, 0.1) is 6.20 Å². The van der Waals surface area contributed by atoms with Crippen molar-refractivity contribution in [3.63, 3.8) is 0 Å². The minimum Gasteiger partial charge on any atom is -0.339 e. The van der Waals surface area contributed by atoms with E-state index in [4.69, 9.17) is 0 Å². The monoisotopic (exact) mass is 293 g/mol. The van der Waals surface area contributed by atoms with Crippen molar-refractivity contribution in [1.29, 1.82) is 0 Å². The van der Waals surface area contributed by atoms with E-state index in [-0.39, 0.29) is 11.9 Å². The van der Waals surface area contributed by atoms with Gasteiger partial charge in [-0.15, -0.1) is 0 Å². The zero-order valence-electron chi connectivity index (χ0n) is 13.5. The van der Waals surface area contributed by atoms with Crippen molar-refractivity contribution in [3.05, 3.63) is 18.0 Å². The maximum atomic E-state index is 12.7. The number of aryl methyl sites for hydroxylation is 1. The molecule has 0 spiro atoms. The predicted molar refractivity (Wildman–Crippen MR) is 82.9 cm³/mol. The first-order valence-corrected chi connectivity index (χ1v) is 7.79. The number of nitrogens with one attached hydrogen (secondary N) is 1. The quantitative estimate of drug-likeness (QED) is 0.835. The van der Waals surface area contributed by atoms with Crippen molar-refractivity contribution in [2.45, 2.75) is 32.4 Å². The minimum absolute atomic E-state index is 0.153. The van der Waals surface area contributed by atoms with Crippen LogP contribution in [0.4, 0.5) is 0 Å². The molecular formula is C15H27N5O. The highest BCUT2D eigenvalue weighted by Crippen LogP contribution is 2.21. The second-order valence-corrected chi connectivity index (χ2v) is 5.62. The fourth-order valence-electron chi connectivity index (χ4n) is 3.18. The molecule has 1 amide bonds. The summed E-state index contributed by atoms with van der Waals surface area (Å²) in [5.41, 5.74) is 0.927. The van der Waals surface area contributed by atoms with Crippen molar-refractivity contribution in [3.8, 4) is 0 Å². The number of hydrogen-bond acceptors (Lipinski definition) is 4. The lowest BCUT2D eigenvalue weighted by molar-refractivity contribution is -0.132. The van der Waals surface area contributed by atoms with Crippen LogP contribution in [0.1, 0.15) is 31.9 Å². The van der Waals surface area contributed by atoms with Crippen LogP contribution in [-0.2, 0) is 11.8 Å². The number of carbonyl (C=O) groups excluding carboxylic acids is 1. The van der Waals surface area contributed by atoms with Gasteiger partial charge in [0.15, 0.2) is 0 Å². The van der Waals surface area contributed by atoms with Gasteiger partial charge in [0, 0.05) is 37.9 Å². The fraction of sp³-hybridized carbons (Fsp3) is 0.733.